The smallest absolute Gasteiger partial charge is 0.326 e. The van der Waals surface area contributed by atoms with Gasteiger partial charge in [0, 0.05) is 12.7 Å². The van der Waals surface area contributed by atoms with E-state index < -0.39 is 5.54 Å². The number of rotatable bonds is 7. The number of halogens is 1. The van der Waals surface area contributed by atoms with Gasteiger partial charge in [0.25, 0.3) is 0 Å². The van der Waals surface area contributed by atoms with Crippen molar-refractivity contribution in [3.8, 4) is 0 Å². The summed E-state index contributed by atoms with van der Waals surface area (Å²) in [6.07, 6.45) is 2.37. The lowest BCUT2D eigenvalue weighted by atomic mass is 9.98. The minimum Gasteiger partial charge on any atom is -0.465 e. The summed E-state index contributed by atoms with van der Waals surface area (Å²) in [5, 5.41) is 8.11. The van der Waals surface area contributed by atoms with Crippen molar-refractivity contribution in [2.24, 2.45) is 0 Å². The number of hydrogen-bond acceptors (Lipinski definition) is 4. The average Bonchev–Trinajstić information content (AvgIpc) is 2.67. The highest BCUT2D eigenvalue weighted by atomic mass is 35.5. The molecule has 0 fully saturated rings. The summed E-state index contributed by atoms with van der Waals surface area (Å²) in [5.74, 6) is -0.230. The monoisotopic (exact) mass is 287 g/mol. The predicted molar refractivity (Wildman–Crippen MR) is 75.3 cm³/mol. The van der Waals surface area contributed by atoms with Gasteiger partial charge in [0.05, 0.1) is 17.3 Å². The average molecular weight is 288 g/mol. The molecule has 1 rings (SSSR count). The Hall–Kier alpha value is -1.07. The number of carbonyl (C=O) groups is 1. The Bertz CT molecular complexity index is 414. The molecule has 108 valence electrons. The van der Waals surface area contributed by atoms with Gasteiger partial charge in [-0.1, -0.05) is 18.5 Å². The maximum Gasteiger partial charge on any atom is 0.326 e. The van der Waals surface area contributed by atoms with Crippen molar-refractivity contribution in [2.45, 2.75) is 46.2 Å². The number of aromatic nitrogens is 2. The van der Waals surface area contributed by atoms with E-state index in [2.05, 4.69) is 10.4 Å². The molecule has 1 N–H and O–H groups in total. The van der Waals surface area contributed by atoms with Crippen molar-refractivity contribution in [3.63, 3.8) is 0 Å². The van der Waals surface area contributed by atoms with Crippen LogP contribution in [0, 0.1) is 6.92 Å². The third-order valence-electron chi connectivity index (χ3n) is 3.02. The Morgan fingerprint density at radius 1 is 1.58 bits per heavy atom. The Labute approximate surface area is 119 Å². The highest BCUT2D eigenvalue weighted by Gasteiger charge is 2.33. The first-order valence-corrected chi connectivity index (χ1v) is 6.92. The van der Waals surface area contributed by atoms with Crippen LogP contribution in [0.4, 0.5) is 0 Å². The van der Waals surface area contributed by atoms with Gasteiger partial charge in [0.15, 0.2) is 0 Å². The van der Waals surface area contributed by atoms with Crippen molar-refractivity contribution in [1.29, 1.82) is 0 Å². The molecule has 0 radical (unpaired) electrons. The molecule has 0 aliphatic heterocycles. The van der Waals surface area contributed by atoms with E-state index in [-0.39, 0.29) is 5.97 Å². The summed E-state index contributed by atoms with van der Waals surface area (Å²) in [6.45, 7) is 9.17. The number of hydrogen-bond donors (Lipinski definition) is 1. The van der Waals surface area contributed by atoms with Crippen molar-refractivity contribution in [1.82, 2.24) is 15.1 Å². The number of nitrogens with zero attached hydrogens (tertiary/aromatic N) is 2. The van der Waals surface area contributed by atoms with Crippen molar-refractivity contribution in [3.05, 3.63) is 16.9 Å². The molecule has 0 aliphatic rings. The van der Waals surface area contributed by atoms with E-state index in [1.807, 2.05) is 20.8 Å². The van der Waals surface area contributed by atoms with Gasteiger partial charge in [0.2, 0.25) is 0 Å². The first kappa shape index (κ1) is 16.0. The molecule has 1 atom stereocenters. The Morgan fingerprint density at radius 2 is 2.26 bits per heavy atom. The number of ether oxygens (including phenoxy) is 1. The zero-order chi connectivity index (χ0) is 14.5. The Morgan fingerprint density at radius 3 is 2.74 bits per heavy atom. The standard InChI is InChI=1S/C13H22ClN3O2/c1-5-15-13(4,12(18)19-6-2)7-8-17-9-11(14)10(3)16-17/h9,15H,5-8H2,1-4H3. The van der Waals surface area contributed by atoms with Crippen LogP contribution < -0.4 is 5.32 Å². The minimum atomic E-state index is -0.697. The first-order chi connectivity index (χ1) is 8.92. The topological polar surface area (TPSA) is 56.2 Å². The van der Waals surface area contributed by atoms with E-state index in [4.69, 9.17) is 16.3 Å². The number of likely N-dealkylation sites (N-methyl/N-ethyl adjacent to an activating group) is 1. The summed E-state index contributed by atoms with van der Waals surface area (Å²) in [7, 11) is 0. The van der Waals surface area contributed by atoms with Crippen LogP contribution in [0.15, 0.2) is 6.20 Å². The van der Waals surface area contributed by atoms with Gasteiger partial charge < -0.3 is 10.1 Å². The zero-order valence-corrected chi connectivity index (χ0v) is 12.8. The van der Waals surface area contributed by atoms with Gasteiger partial charge in [-0.15, -0.1) is 0 Å². The fourth-order valence-electron chi connectivity index (χ4n) is 1.89. The van der Waals surface area contributed by atoms with Crippen molar-refractivity contribution < 1.29 is 9.53 Å². The molecule has 1 aromatic heterocycles. The minimum absolute atomic E-state index is 0.230. The van der Waals surface area contributed by atoms with Gasteiger partial charge in [-0.2, -0.15) is 5.10 Å². The van der Waals surface area contributed by atoms with Crippen LogP contribution in [-0.4, -0.2) is 34.4 Å². The highest BCUT2D eigenvalue weighted by Crippen LogP contribution is 2.16. The van der Waals surface area contributed by atoms with Crippen LogP contribution in [0.25, 0.3) is 0 Å². The lowest BCUT2D eigenvalue weighted by Crippen LogP contribution is -2.51. The van der Waals surface area contributed by atoms with E-state index in [1.54, 1.807) is 17.8 Å². The summed E-state index contributed by atoms with van der Waals surface area (Å²) >= 11 is 5.96. The van der Waals surface area contributed by atoms with E-state index >= 15 is 0 Å². The summed E-state index contributed by atoms with van der Waals surface area (Å²) in [5.41, 5.74) is 0.0971. The SMILES string of the molecule is CCNC(C)(CCn1cc(Cl)c(C)n1)C(=O)OCC. The second-order valence-corrected chi connectivity index (χ2v) is 5.07. The number of carbonyl (C=O) groups excluding carboxylic acids is 1. The fraction of sp³-hybridized carbons (Fsp3) is 0.692. The normalized spacial score (nSPS) is 14.2. The molecule has 6 heteroatoms. The number of esters is 1. The molecule has 19 heavy (non-hydrogen) atoms. The van der Waals surface area contributed by atoms with E-state index in [0.717, 1.165) is 5.69 Å². The van der Waals surface area contributed by atoms with Gasteiger partial charge in [-0.25, -0.2) is 0 Å². The van der Waals surface area contributed by atoms with E-state index in [1.165, 1.54) is 0 Å². The second-order valence-electron chi connectivity index (χ2n) is 4.66. The zero-order valence-electron chi connectivity index (χ0n) is 12.0. The third kappa shape index (κ3) is 4.21. The largest absolute Gasteiger partial charge is 0.465 e. The number of aryl methyl sites for hydroxylation is 2. The molecule has 0 bridgehead atoms. The van der Waals surface area contributed by atoms with Gasteiger partial charge in [0.1, 0.15) is 5.54 Å². The molecule has 0 saturated heterocycles. The maximum absolute atomic E-state index is 12.0. The Balaban J connectivity index is 2.70. The molecule has 5 nitrogen and oxygen atoms in total. The lowest BCUT2D eigenvalue weighted by molar-refractivity contribution is -0.150. The van der Waals surface area contributed by atoms with Gasteiger partial charge in [-0.3, -0.25) is 9.48 Å². The molecule has 0 spiro atoms. The van der Waals surface area contributed by atoms with Crippen LogP contribution in [0.2, 0.25) is 5.02 Å². The lowest BCUT2D eigenvalue weighted by Gasteiger charge is -2.28. The van der Waals surface area contributed by atoms with Gasteiger partial charge in [-0.05, 0) is 33.7 Å². The van der Waals surface area contributed by atoms with Crippen LogP contribution in [0.1, 0.15) is 32.9 Å². The number of nitrogens with one attached hydrogen (secondary N) is 1. The highest BCUT2D eigenvalue weighted by molar-refractivity contribution is 6.31. The Kier molecular flexibility index (Phi) is 5.82. The first-order valence-electron chi connectivity index (χ1n) is 6.54. The summed E-state index contributed by atoms with van der Waals surface area (Å²) < 4.78 is 6.88. The molecule has 0 saturated carbocycles. The fourth-order valence-corrected chi connectivity index (χ4v) is 2.04. The molecule has 0 aliphatic carbocycles. The van der Waals surface area contributed by atoms with Crippen LogP contribution in [0.3, 0.4) is 0 Å². The predicted octanol–water partition coefficient (Wildman–Crippen LogP) is 2.17. The summed E-state index contributed by atoms with van der Waals surface area (Å²) in [4.78, 5) is 12.0. The molecule has 1 unspecified atom stereocenters. The molecule has 0 aromatic carbocycles. The molecule has 1 aromatic rings. The van der Waals surface area contributed by atoms with Crippen molar-refractivity contribution >= 4 is 17.6 Å². The molecule has 0 amide bonds. The van der Waals surface area contributed by atoms with E-state index in [0.29, 0.717) is 31.1 Å². The summed E-state index contributed by atoms with van der Waals surface area (Å²) in [6, 6.07) is 0. The van der Waals surface area contributed by atoms with Crippen LogP contribution in [0.5, 0.6) is 0 Å². The quantitative estimate of drug-likeness (QED) is 0.781. The van der Waals surface area contributed by atoms with Gasteiger partial charge >= 0.3 is 5.97 Å². The van der Waals surface area contributed by atoms with Crippen LogP contribution >= 0.6 is 11.6 Å². The maximum atomic E-state index is 12.0. The molecule has 1 heterocycles. The van der Waals surface area contributed by atoms with Crippen LogP contribution in [-0.2, 0) is 16.1 Å². The third-order valence-corrected chi connectivity index (χ3v) is 3.39. The molecular formula is C13H22ClN3O2. The molecular weight excluding hydrogens is 266 g/mol. The van der Waals surface area contributed by atoms with E-state index in [9.17, 15) is 4.79 Å². The second kappa shape index (κ2) is 6.91. The van der Waals surface area contributed by atoms with Crippen molar-refractivity contribution in [2.75, 3.05) is 13.2 Å².